The average molecular weight is 432 g/mol. The van der Waals surface area contributed by atoms with E-state index >= 15 is 0 Å². The van der Waals surface area contributed by atoms with Gasteiger partial charge in [0, 0.05) is 25.7 Å². The van der Waals surface area contributed by atoms with Crippen molar-refractivity contribution in [3.8, 4) is 0 Å². The lowest BCUT2D eigenvalue weighted by Gasteiger charge is -2.44. The summed E-state index contributed by atoms with van der Waals surface area (Å²) in [5, 5.41) is 3.00. The summed E-state index contributed by atoms with van der Waals surface area (Å²) in [6, 6.07) is 13.4. The van der Waals surface area contributed by atoms with E-state index in [1.54, 1.807) is 6.07 Å². The second-order valence-corrected chi connectivity index (χ2v) is 8.60. The molecule has 1 N–H and O–H groups in total. The number of benzene rings is 2. The lowest BCUT2D eigenvalue weighted by molar-refractivity contribution is 0.0656. The van der Waals surface area contributed by atoms with E-state index in [1.165, 1.54) is 0 Å². The van der Waals surface area contributed by atoms with E-state index in [2.05, 4.69) is 22.1 Å². The van der Waals surface area contributed by atoms with Crippen LogP contribution in [0.4, 0.5) is 5.69 Å². The quantitative estimate of drug-likeness (QED) is 0.684. The highest BCUT2D eigenvalue weighted by atomic mass is 16.2. The number of nitrogens with zero attached hydrogens (tertiary/aromatic N) is 4. The molecule has 1 fully saturated rings. The first-order chi connectivity index (χ1) is 15.6. The molecule has 32 heavy (non-hydrogen) atoms. The third-order valence-electron chi connectivity index (χ3n) is 6.77. The second-order valence-electron chi connectivity index (χ2n) is 8.60. The number of carbonyl (C=O) groups is 2. The summed E-state index contributed by atoms with van der Waals surface area (Å²) in [6.45, 7) is 4.06. The Balaban J connectivity index is 1.39. The number of carbonyl (C=O) groups excluding carboxylic acids is 2. The van der Waals surface area contributed by atoms with Gasteiger partial charge < -0.3 is 19.7 Å². The zero-order valence-electron chi connectivity index (χ0n) is 18.7. The first-order valence-electron chi connectivity index (χ1n) is 11.5. The molecular formula is C25H29N5O2. The molecule has 0 unspecified atom stereocenters. The molecule has 0 aliphatic carbocycles. The fraction of sp³-hybridized carbons (Fsp3) is 0.400. The molecule has 2 aliphatic heterocycles. The smallest absolute Gasteiger partial charge is 0.257 e. The van der Waals surface area contributed by atoms with Gasteiger partial charge in [-0.25, -0.2) is 4.98 Å². The number of para-hydroxylation sites is 2. The number of anilines is 1. The van der Waals surface area contributed by atoms with Gasteiger partial charge in [-0.05, 0) is 56.5 Å². The summed E-state index contributed by atoms with van der Waals surface area (Å²) in [5.74, 6) is 0.729. The topological polar surface area (TPSA) is 70.5 Å². The number of aromatic nitrogens is 2. The lowest BCUT2D eigenvalue weighted by Crippen LogP contribution is -2.55. The third-order valence-corrected chi connectivity index (χ3v) is 6.77. The fourth-order valence-electron chi connectivity index (χ4n) is 5.05. The number of imidazole rings is 1. The van der Waals surface area contributed by atoms with E-state index in [-0.39, 0.29) is 18.0 Å². The van der Waals surface area contributed by atoms with Gasteiger partial charge in [0.05, 0.1) is 28.8 Å². The highest BCUT2D eigenvalue weighted by Gasteiger charge is 2.37. The van der Waals surface area contributed by atoms with E-state index in [1.807, 2.05) is 52.9 Å². The Morgan fingerprint density at radius 1 is 1.16 bits per heavy atom. The van der Waals surface area contributed by atoms with E-state index < -0.39 is 0 Å². The number of fused-ring (bicyclic) bond motifs is 3. The molecule has 166 valence electrons. The largest absolute Gasteiger partial charge is 0.351 e. The van der Waals surface area contributed by atoms with Crippen molar-refractivity contribution in [2.45, 2.75) is 45.3 Å². The van der Waals surface area contributed by atoms with Gasteiger partial charge in [0.2, 0.25) is 0 Å². The molecule has 2 aliphatic rings. The van der Waals surface area contributed by atoms with Gasteiger partial charge >= 0.3 is 0 Å². The summed E-state index contributed by atoms with van der Waals surface area (Å²) < 4.78 is 2.00. The number of rotatable bonds is 4. The third kappa shape index (κ3) is 3.42. The summed E-state index contributed by atoms with van der Waals surface area (Å²) >= 11 is 0. The number of hydrogen-bond acceptors (Lipinski definition) is 4. The van der Waals surface area contributed by atoms with E-state index in [0.29, 0.717) is 17.7 Å². The summed E-state index contributed by atoms with van der Waals surface area (Å²) in [7, 11) is 1.96. The van der Waals surface area contributed by atoms with Gasteiger partial charge in [-0.15, -0.1) is 0 Å². The minimum Gasteiger partial charge on any atom is -0.351 e. The normalized spacial score (nSPS) is 18.3. The Labute approximate surface area is 188 Å². The van der Waals surface area contributed by atoms with Gasteiger partial charge in [0.15, 0.2) is 0 Å². The molecular weight excluding hydrogens is 402 g/mol. The van der Waals surface area contributed by atoms with Crippen molar-refractivity contribution in [1.82, 2.24) is 19.8 Å². The molecule has 1 saturated heterocycles. The number of nitrogens with one attached hydrogen (secondary N) is 1. The van der Waals surface area contributed by atoms with Crippen LogP contribution in [0.1, 0.15) is 59.1 Å². The molecule has 2 aromatic carbocycles. The first kappa shape index (κ1) is 20.5. The predicted molar refractivity (Wildman–Crippen MR) is 125 cm³/mol. The molecule has 7 nitrogen and oxygen atoms in total. The van der Waals surface area contributed by atoms with Crippen LogP contribution >= 0.6 is 0 Å². The summed E-state index contributed by atoms with van der Waals surface area (Å²) in [6.07, 6.45) is 4.39. The molecule has 1 atom stereocenters. The second kappa shape index (κ2) is 8.30. The molecule has 7 heteroatoms. The van der Waals surface area contributed by atoms with E-state index in [0.717, 1.165) is 61.3 Å². The number of amides is 2. The van der Waals surface area contributed by atoms with E-state index in [4.69, 9.17) is 0 Å². The maximum Gasteiger partial charge on any atom is 0.257 e. The Bertz CT molecular complexity index is 1180. The Morgan fingerprint density at radius 2 is 2.00 bits per heavy atom. The molecule has 0 spiro atoms. The van der Waals surface area contributed by atoms with Crippen molar-refractivity contribution in [2.75, 3.05) is 18.0 Å². The summed E-state index contributed by atoms with van der Waals surface area (Å²) in [5.41, 5.74) is 4.08. The van der Waals surface area contributed by atoms with Crippen LogP contribution in [0.5, 0.6) is 0 Å². The molecule has 2 amide bonds. The van der Waals surface area contributed by atoms with Crippen molar-refractivity contribution in [3.63, 3.8) is 0 Å². The Hall–Kier alpha value is -3.35. The van der Waals surface area contributed by atoms with Crippen molar-refractivity contribution in [1.29, 1.82) is 0 Å². The minimum absolute atomic E-state index is 0.0841. The van der Waals surface area contributed by atoms with Crippen LogP contribution in [0.2, 0.25) is 0 Å². The highest BCUT2D eigenvalue weighted by Crippen LogP contribution is 2.35. The van der Waals surface area contributed by atoms with Crippen molar-refractivity contribution < 1.29 is 9.59 Å². The van der Waals surface area contributed by atoms with Gasteiger partial charge in [-0.2, -0.15) is 0 Å². The van der Waals surface area contributed by atoms with Gasteiger partial charge in [0.1, 0.15) is 12.0 Å². The Morgan fingerprint density at radius 3 is 2.81 bits per heavy atom. The zero-order valence-corrected chi connectivity index (χ0v) is 18.7. The SMILES string of the molecule is CCN1c2cc(C(=O)NCc3nc4ccccc4n3C)ccc2C(=O)N2CCCCC[C@H]21. The molecule has 3 heterocycles. The van der Waals surface area contributed by atoms with Crippen molar-refractivity contribution >= 4 is 28.5 Å². The van der Waals surface area contributed by atoms with Crippen LogP contribution < -0.4 is 10.2 Å². The van der Waals surface area contributed by atoms with Gasteiger partial charge in [0.25, 0.3) is 11.8 Å². The minimum atomic E-state index is -0.161. The van der Waals surface area contributed by atoms with Crippen molar-refractivity contribution in [3.05, 3.63) is 59.4 Å². The summed E-state index contributed by atoms with van der Waals surface area (Å²) in [4.78, 5) is 35.1. The molecule has 0 saturated carbocycles. The standard InChI is InChI=1S/C25H29N5O2/c1-3-29-21-15-17(12-13-18(21)25(32)30-14-8-4-5-11-23(29)30)24(31)26-16-22-27-19-9-6-7-10-20(19)28(22)2/h6-7,9-10,12-13,15,23H,3-5,8,11,14,16H2,1-2H3,(H,26,31)/t23-/m0/s1. The first-order valence-corrected chi connectivity index (χ1v) is 11.5. The molecule has 1 aromatic heterocycles. The number of aryl methyl sites for hydroxylation is 1. The van der Waals surface area contributed by atoms with Crippen LogP contribution in [-0.2, 0) is 13.6 Å². The lowest BCUT2D eigenvalue weighted by atomic mass is 10.0. The monoisotopic (exact) mass is 431 g/mol. The van der Waals surface area contributed by atoms with Crippen LogP contribution in [0.25, 0.3) is 11.0 Å². The van der Waals surface area contributed by atoms with Crippen LogP contribution in [0.3, 0.4) is 0 Å². The highest BCUT2D eigenvalue weighted by molar-refractivity contribution is 6.04. The van der Waals surface area contributed by atoms with Crippen LogP contribution in [0.15, 0.2) is 42.5 Å². The number of hydrogen-bond donors (Lipinski definition) is 1. The average Bonchev–Trinajstić information content (AvgIpc) is 2.97. The fourth-order valence-corrected chi connectivity index (χ4v) is 5.05. The zero-order chi connectivity index (χ0) is 22.2. The Kier molecular flexibility index (Phi) is 5.33. The molecule has 3 aromatic rings. The van der Waals surface area contributed by atoms with Crippen LogP contribution in [0, 0.1) is 0 Å². The van der Waals surface area contributed by atoms with Gasteiger partial charge in [-0.1, -0.05) is 18.6 Å². The van der Waals surface area contributed by atoms with Gasteiger partial charge in [-0.3, -0.25) is 9.59 Å². The molecule has 0 bridgehead atoms. The maximum atomic E-state index is 13.2. The predicted octanol–water partition coefficient (Wildman–Crippen LogP) is 3.69. The van der Waals surface area contributed by atoms with E-state index in [9.17, 15) is 9.59 Å². The van der Waals surface area contributed by atoms with Crippen LogP contribution in [-0.4, -0.2) is 45.5 Å². The molecule has 5 rings (SSSR count). The van der Waals surface area contributed by atoms with Crippen molar-refractivity contribution in [2.24, 2.45) is 7.05 Å². The maximum absolute atomic E-state index is 13.2. The molecule has 0 radical (unpaired) electrons.